The van der Waals surface area contributed by atoms with Gasteiger partial charge >= 0.3 is 0 Å². The van der Waals surface area contributed by atoms with Crippen LogP contribution in [-0.4, -0.2) is 45.7 Å². The van der Waals surface area contributed by atoms with E-state index in [4.69, 9.17) is 11.6 Å². The summed E-state index contributed by atoms with van der Waals surface area (Å²) in [5.74, 6) is 0. The zero-order chi connectivity index (χ0) is 11.4. The molecule has 4 nitrogen and oxygen atoms in total. The zero-order valence-corrected chi connectivity index (χ0v) is 10.7. The zero-order valence-electron chi connectivity index (χ0n) is 9.17. The van der Waals surface area contributed by atoms with E-state index in [1.165, 1.54) is 0 Å². The Hall–Kier alpha value is 0.160. The fourth-order valence-electron chi connectivity index (χ4n) is 1.26. The highest BCUT2D eigenvalue weighted by molar-refractivity contribution is 7.90. The van der Waals surface area contributed by atoms with Crippen LogP contribution in [0.4, 0.5) is 0 Å². The Morgan fingerprint density at radius 1 is 1.36 bits per heavy atom. The number of alkyl halides is 1. The number of nitrogens with one attached hydrogen (secondary N) is 1. The van der Waals surface area contributed by atoms with Gasteiger partial charge in [-0.25, -0.2) is 13.1 Å². The van der Waals surface area contributed by atoms with Crippen molar-refractivity contribution >= 4 is 21.6 Å². The highest BCUT2D eigenvalue weighted by Crippen LogP contribution is 2.14. The van der Waals surface area contributed by atoms with Crippen molar-refractivity contribution in [2.45, 2.75) is 13.8 Å². The maximum atomic E-state index is 11.1. The minimum atomic E-state index is -3.29. The Morgan fingerprint density at radius 3 is 2.21 bits per heavy atom. The molecule has 0 aromatic rings. The number of halogens is 1. The lowest BCUT2D eigenvalue weighted by molar-refractivity contribution is 0.242. The molecule has 0 aliphatic carbocycles. The maximum Gasteiger partial charge on any atom is 0.225 e. The first kappa shape index (κ1) is 14.2. The van der Waals surface area contributed by atoms with Crippen molar-refractivity contribution in [2.24, 2.45) is 5.41 Å². The summed E-state index contributed by atoms with van der Waals surface area (Å²) < 4.78 is 24.6. The molecule has 0 bridgehead atoms. The van der Waals surface area contributed by atoms with Gasteiger partial charge in [-0.2, -0.15) is 0 Å². The molecule has 0 fully saturated rings. The third-order valence-electron chi connectivity index (χ3n) is 1.66. The van der Waals surface area contributed by atoms with Gasteiger partial charge in [0.2, 0.25) is 10.0 Å². The molecule has 6 heteroatoms. The van der Waals surface area contributed by atoms with Crippen LogP contribution in [0.1, 0.15) is 13.8 Å². The van der Waals surface area contributed by atoms with E-state index in [0.29, 0.717) is 6.54 Å². The van der Waals surface area contributed by atoms with Gasteiger partial charge in [0.25, 0.3) is 0 Å². The quantitative estimate of drug-likeness (QED) is 0.698. The van der Waals surface area contributed by atoms with Gasteiger partial charge < -0.3 is 4.90 Å². The second-order valence-electron chi connectivity index (χ2n) is 4.45. The largest absolute Gasteiger partial charge is 0.309 e. The Bertz CT molecular complexity index is 263. The predicted octanol–water partition coefficient (Wildman–Crippen LogP) is 0.690. The van der Waals surface area contributed by atoms with Crippen LogP contribution in [0.15, 0.2) is 0 Å². The van der Waals surface area contributed by atoms with Crippen LogP contribution < -0.4 is 4.72 Å². The second-order valence-corrected chi connectivity index (χ2v) is 6.84. The number of hydrogen-bond acceptors (Lipinski definition) is 3. The maximum absolute atomic E-state index is 11.1. The van der Waals surface area contributed by atoms with Crippen LogP contribution in [0.2, 0.25) is 0 Å². The topological polar surface area (TPSA) is 49.4 Å². The smallest absolute Gasteiger partial charge is 0.225 e. The first-order valence-corrected chi connectivity index (χ1v) is 6.55. The third kappa shape index (κ3) is 6.59. The summed E-state index contributed by atoms with van der Waals surface area (Å²) >= 11 is 5.27. The fourth-order valence-corrected chi connectivity index (χ4v) is 2.18. The molecule has 0 aliphatic heterocycles. The van der Waals surface area contributed by atoms with Gasteiger partial charge in [-0.15, -0.1) is 11.6 Å². The van der Waals surface area contributed by atoms with Crippen LogP contribution in [0.5, 0.6) is 0 Å². The molecular formula is C8H19ClN2O2S. The van der Waals surface area contributed by atoms with Gasteiger partial charge in [0.15, 0.2) is 0 Å². The van der Waals surface area contributed by atoms with Crippen LogP contribution in [0.3, 0.4) is 0 Å². The normalized spacial score (nSPS) is 13.6. The minimum absolute atomic E-state index is 0.0946. The molecule has 0 aromatic carbocycles. The molecule has 0 aliphatic rings. The molecule has 0 heterocycles. The van der Waals surface area contributed by atoms with Crippen molar-refractivity contribution in [1.82, 2.24) is 9.62 Å². The van der Waals surface area contributed by atoms with Gasteiger partial charge in [0.05, 0.1) is 0 Å². The predicted molar refractivity (Wildman–Crippen MR) is 60.0 cm³/mol. The summed E-state index contributed by atoms with van der Waals surface area (Å²) in [4.78, 5) is 2.02. The first-order valence-electron chi connectivity index (χ1n) is 4.36. The van der Waals surface area contributed by atoms with Crippen LogP contribution >= 0.6 is 11.6 Å². The Balaban J connectivity index is 4.12. The van der Waals surface area contributed by atoms with E-state index < -0.39 is 10.0 Å². The number of rotatable bonds is 6. The molecule has 0 unspecified atom stereocenters. The molecule has 14 heavy (non-hydrogen) atoms. The van der Waals surface area contributed by atoms with E-state index in [-0.39, 0.29) is 10.6 Å². The van der Waals surface area contributed by atoms with E-state index >= 15 is 0 Å². The second kappa shape index (κ2) is 5.30. The van der Waals surface area contributed by atoms with Gasteiger partial charge in [-0.05, 0) is 19.5 Å². The first-order chi connectivity index (χ1) is 6.18. The number of nitrogens with zero attached hydrogens (tertiary/aromatic N) is 1. The molecular weight excluding hydrogens is 224 g/mol. The number of sulfonamides is 1. The van der Waals surface area contributed by atoms with Crippen molar-refractivity contribution < 1.29 is 8.42 Å². The highest BCUT2D eigenvalue weighted by Gasteiger charge is 2.21. The molecule has 1 N–H and O–H groups in total. The van der Waals surface area contributed by atoms with E-state index in [9.17, 15) is 8.42 Å². The van der Waals surface area contributed by atoms with E-state index in [1.807, 2.05) is 32.8 Å². The van der Waals surface area contributed by atoms with Crippen molar-refractivity contribution in [3.05, 3.63) is 0 Å². The molecule has 0 rings (SSSR count). The SMILES string of the molecule is CN(C)CC(C)(C)CNS(=O)(=O)CCl. The summed E-state index contributed by atoms with van der Waals surface area (Å²) in [5.41, 5.74) is -0.0946. The molecule has 0 amide bonds. The van der Waals surface area contributed by atoms with Gasteiger partial charge in [0.1, 0.15) is 5.21 Å². The average Bonchev–Trinajstić information content (AvgIpc) is 1.99. The molecule has 0 atom stereocenters. The van der Waals surface area contributed by atoms with Gasteiger partial charge in [0, 0.05) is 13.1 Å². The van der Waals surface area contributed by atoms with E-state index in [2.05, 4.69) is 4.72 Å². The van der Waals surface area contributed by atoms with E-state index in [0.717, 1.165) is 6.54 Å². The molecule has 0 saturated heterocycles. The standard InChI is InChI=1S/C8H19ClN2O2S/c1-8(2,6-11(3)4)5-10-14(12,13)7-9/h10H,5-7H2,1-4H3. The molecule has 0 radical (unpaired) electrons. The van der Waals surface area contributed by atoms with Crippen molar-refractivity contribution in [3.63, 3.8) is 0 Å². The number of hydrogen-bond donors (Lipinski definition) is 1. The summed E-state index contributed by atoms with van der Waals surface area (Å²) in [5, 5.41) is -0.384. The average molecular weight is 243 g/mol. The molecule has 0 aromatic heterocycles. The lowest BCUT2D eigenvalue weighted by Crippen LogP contribution is -2.40. The fraction of sp³-hybridized carbons (Fsp3) is 1.00. The summed E-state index contributed by atoms with van der Waals surface area (Å²) in [6.45, 7) is 5.23. The van der Waals surface area contributed by atoms with Gasteiger partial charge in [-0.3, -0.25) is 0 Å². The monoisotopic (exact) mass is 242 g/mol. The van der Waals surface area contributed by atoms with Gasteiger partial charge in [-0.1, -0.05) is 13.8 Å². The Labute approximate surface area is 91.7 Å². The third-order valence-corrected chi connectivity index (χ3v) is 3.39. The van der Waals surface area contributed by atoms with Crippen LogP contribution in [-0.2, 0) is 10.0 Å². The van der Waals surface area contributed by atoms with Crippen LogP contribution in [0, 0.1) is 5.41 Å². The summed E-state index contributed by atoms with van der Waals surface area (Å²) in [6.07, 6.45) is 0. The lowest BCUT2D eigenvalue weighted by Gasteiger charge is -2.28. The molecule has 0 saturated carbocycles. The summed E-state index contributed by atoms with van der Waals surface area (Å²) in [6, 6.07) is 0. The van der Waals surface area contributed by atoms with Crippen LogP contribution in [0.25, 0.3) is 0 Å². The van der Waals surface area contributed by atoms with E-state index in [1.54, 1.807) is 0 Å². The van der Waals surface area contributed by atoms with Crippen molar-refractivity contribution in [3.8, 4) is 0 Å². The lowest BCUT2D eigenvalue weighted by atomic mass is 9.93. The minimum Gasteiger partial charge on any atom is -0.309 e. The van der Waals surface area contributed by atoms with Crippen molar-refractivity contribution in [1.29, 1.82) is 0 Å². The Morgan fingerprint density at radius 2 is 1.86 bits per heavy atom. The summed E-state index contributed by atoms with van der Waals surface area (Å²) in [7, 11) is 0.621. The highest BCUT2D eigenvalue weighted by atomic mass is 35.5. The van der Waals surface area contributed by atoms with Crippen molar-refractivity contribution in [2.75, 3.05) is 32.4 Å². The molecule has 86 valence electrons. The Kier molecular flexibility index (Phi) is 5.36. The molecule has 0 spiro atoms.